The fourth-order valence-corrected chi connectivity index (χ4v) is 2.25. The number of hydrogen-bond acceptors (Lipinski definition) is 6. The zero-order chi connectivity index (χ0) is 16.3. The number of nitrogens with one attached hydrogen (secondary N) is 1. The molecule has 0 saturated heterocycles. The Labute approximate surface area is 129 Å². The van der Waals surface area contributed by atoms with Crippen LogP contribution < -0.4 is 5.32 Å². The highest BCUT2D eigenvalue weighted by Crippen LogP contribution is 2.11. The maximum absolute atomic E-state index is 12.3. The van der Waals surface area contributed by atoms with Gasteiger partial charge < -0.3 is 14.2 Å². The minimum Gasteiger partial charge on any atom is -0.465 e. The zero-order valence-corrected chi connectivity index (χ0v) is 14.4. The van der Waals surface area contributed by atoms with Crippen LogP contribution in [0.3, 0.4) is 0 Å². The molecule has 0 aromatic carbocycles. The first-order valence-corrected chi connectivity index (χ1v) is 7.54. The monoisotopic (exact) mass is 304 g/mol. The van der Waals surface area contributed by atoms with Gasteiger partial charge in [0, 0.05) is 39.9 Å². The van der Waals surface area contributed by atoms with E-state index in [1.807, 2.05) is 27.7 Å². The lowest BCUT2D eigenvalue weighted by Gasteiger charge is -2.35. The van der Waals surface area contributed by atoms with E-state index in [-0.39, 0.29) is 12.0 Å². The molecule has 0 bridgehead atoms. The van der Waals surface area contributed by atoms with Crippen LogP contribution >= 0.6 is 0 Å². The van der Waals surface area contributed by atoms with Gasteiger partial charge in [0.15, 0.2) is 0 Å². The Morgan fingerprint density at radius 1 is 1.19 bits per heavy atom. The van der Waals surface area contributed by atoms with Gasteiger partial charge in [0.1, 0.15) is 5.54 Å². The predicted molar refractivity (Wildman–Crippen MR) is 83.5 cm³/mol. The van der Waals surface area contributed by atoms with Crippen molar-refractivity contribution in [1.29, 1.82) is 0 Å². The molecule has 21 heavy (non-hydrogen) atoms. The van der Waals surface area contributed by atoms with Gasteiger partial charge in [-0.25, -0.2) is 0 Å². The predicted octanol–water partition coefficient (Wildman–Crippen LogP) is 0.901. The van der Waals surface area contributed by atoms with E-state index in [9.17, 15) is 4.79 Å². The van der Waals surface area contributed by atoms with Gasteiger partial charge in [0.05, 0.1) is 19.8 Å². The molecule has 1 N–H and O–H groups in total. The molecule has 1 unspecified atom stereocenters. The summed E-state index contributed by atoms with van der Waals surface area (Å²) in [6, 6.07) is 0.186. The van der Waals surface area contributed by atoms with Crippen molar-refractivity contribution < 1.29 is 19.0 Å². The minimum absolute atomic E-state index is 0.186. The van der Waals surface area contributed by atoms with Gasteiger partial charge in [-0.2, -0.15) is 0 Å². The van der Waals surface area contributed by atoms with Crippen molar-refractivity contribution in [1.82, 2.24) is 10.2 Å². The summed E-state index contributed by atoms with van der Waals surface area (Å²) >= 11 is 0. The molecule has 6 nitrogen and oxygen atoms in total. The Morgan fingerprint density at radius 2 is 1.71 bits per heavy atom. The first kappa shape index (κ1) is 20.3. The molecule has 0 radical (unpaired) electrons. The fraction of sp³-hybridized carbons (Fsp3) is 0.933. The normalized spacial score (nSPS) is 14.5. The number of hydrogen-bond donors (Lipinski definition) is 1. The second-order valence-electron chi connectivity index (χ2n) is 5.61. The lowest BCUT2D eigenvalue weighted by molar-refractivity contribution is -0.151. The van der Waals surface area contributed by atoms with Crippen molar-refractivity contribution in [2.45, 2.75) is 39.3 Å². The lowest BCUT2D eigenvalue weighted by atomic mass is 10.00. The van der Waals surface area contributed by atoms with E-state index >= 15 is 0 Å². The first-order valence-electron chi connectivity index (χ1n) is 7.54. The molecule has 6 heteroatoms. The Bertz CT molecular complexity index is 279. The number of ether oxygens (including phenoxy) is 3. The number of rotatable bonds is 12. The van der Waals surface area contributed by atoms with Crippen LogP contribution in [0.2, 0.25) is 0 Å². The number of esters is 1. The van der Waals surface area contributed by atoms with Crippen LogP contribution in [-0.2, 0) is 19.0 Å². The summed E-state index contributed by atoms with van der Waals surface area (Å²) < 4.78 is 15.5. The topological polar surface area (TPSA) is 60.0 Å². The zero-order valence-electron chi connectivity index (χ0n) is 14.4. The van der Waals surface area contributed by atoms with Gasteiger partial charge in [-0.15, -0.1) is 0 Å². The Balaban J connectivity index is 4.87. The summed E-state index contributed by atoms with van der Waals surface area (Å²) in [6.45, 7) is 11.4. The molecule has 0 aliphatic carbocycles. The fourth-order valence-electron chi connectivity index (χ4n) is 2.25. The molecule has 0 heterocycles. The molecule has 0 spiro atoms. The highest BCUT2D eigenvalue weighted by molar-refractivity contribution is 5.80. The third kappa shape index (κ3) is 8.36. The SMILES string of the molecule is CCOC(=O)C(C)(CN(CCOC)CCOC)NC(C)C. The molecule has 0 aliphatic rings. The van der Waals surface area contributed by atoms with Crippen LogP contribution in [-0.4, -0.2) is 76.1 Å². The Morgan fingerprint density at radius 3 is 2.10 bits per heavy atom. The molecule has 0 amide bonds. The third-order valence-electron chi connectivity index (χ3n) is 3.10. The smallest absolute Gasteiger partial charge is 0.327 e. The Hall–Kier alpha value is -0.690. The van der Waals surface area contributed by atoms with Gasteiger partial charge in [-0.3, -0.25) is 15.0 Å². The summed E-state index contributed by atoms with van der Waals surface area (Å²) in [6.07, 6.45) is 0. The molecular weight excluding hydrogens is 272 g/mol. The van der Waals surface area contributed by atoms with E-state index in [1.165, 1.54) is 0 Å². The van der Waals surface area contributed by atoms with Crippen LogP contribution in [0.15, 0.2) is 0 Å². The van der Waals surface area contributed by atoms with Crippen LogP contribution in [0.4, 0.5) is 0 Å². The van der Waals surface area contributed by atoms with Crippen molar-refractivity contribution in [3.05, 3.63) is 0 Å². The van der Waals surface area contributed by atoms with Crippen molar-refractivity contribution in [3.8, 4) is 0 Å². The molecule has 0 fully saturated rings. The van der Waals surface area contributed by atoms with Crippen LogP contribution in [0, 0.1) is 0 Å². The van der Waals surface area contributed by atoms with Crippen molar-refractivity contribution in [2.24, 2.45) is 0 Å². The van der Waals surface area contributed by atoms with Crippen molar-refractivity contribution in [3.63, 3.8) is 0 Å². The number of carbonyl (C=O) groups excluding carboxylic acids is 1. The number of carbonyl (C=O) groups is 1. The maximum atomic E-state index is 12.3. The van der Waals surface area contributed by atoms with E-state index in [2.05, 4.69) is 10.2 Å². The second-order valence-corrected chi connectivity index (χ2v) is 5.61. The van der Waals surface area contributed by atoms with Gasteiger partial charge in [-0.05, 0) is 27.7 Å². The maximum Gasteiger partial charge on any atom is 0.327 e. The summed E-state index contributed by atoms with van der Waals surface area (Å²) in [7, 11) is 3.34. The third-order valence-corrected chi connectivity index (χ3v) is 3.10. The van der Waals surface area contributed by atoms with E-state index in [1.54, 1.807) is 14.2 Å². The van der Waals surface area contributed by atoms with Gasteiger partial charge in [0.2, 0.25) is 0 Å². The van der Waals surface area contributed by atoms with Gasteiger partial charge in [0.25, 0.3) is 0 Å². The van der Waals surface area contributed by atoms with Gasteiger partial charge in [-0.1, -0.05) is 0 Å². The Kier molecular flexibility index (Phi) is 10.6. The summed E-state index contributed by atoms with van der Waals surface area (Å²) in [5.74, 6) is -0.224. The molecule has 126 valence electrons. The molecular formula is C15H32N2O4. The van der Waals surface area contributed by atoms with Crippen LogP contribution in [0.5, 0.6) is 0 Å². The van der Waals surface area contributed by atoms with E-state index in [4.69, 9.17) is 14.2 Å². The van der Waals surface area contributed by atoms with E-state index in [0.29, 0.717) is 26.4 Å². The van der Waals surface area contributed by atoms with Crippen LogP contribution in [0.25, 0.3) is 0 Å². The van der Waals surface area contributed by atoms with Crippen molar-refractivity contribution >= 4 is 5.97 Å². The average Bonchev–Trinajstić information content (AvgIpc) is 2.41. The number of nitrogens with zero attached hydrogens (tertiary/aromatic N) is 1. The van der Waals surface area contributed by atoms with Crippen molar-refractivity contribution in [2.75, 3.05) is 53.7 Å². The molecule has 0 aliphatic heterocycles. The highest BCUT2D eigenvalue weighted by atomic mass is 16.5. The molecule has 0 aromatic heterocycles. The van der Waals surface area contributed by atoms with Crippen LogP contribution in [0.1, 0.15) is 27.7 Å². The second kappa shape index (κ2) is 11.0. The minimum atomic E-state index is -0.744. The van der Waals surface area contributed by atoms with Gasteiger partial charge >= 0.3 is 5.97 Å². The largest absolute Gasteiger partial charge is 0.465 e. The van der Waals surface area contributed by atoms with E-state index in [0.717, 1.165) is 13.1 Å². The standard InChI is InChI=1S/C15H32N2O4/c1-7-21-14(18)15(4,16-13(2)3)12-17(8-10-19-5)9-11-20-6/h13,16H,7-12H2,1-6H3. The molecule has 1 atom stereocenters. The summed E-state index contributed by atoms with van der Waals surface area (Å²) in [4.78, 5) is 14.5. The summed E-state index contributed by atoms with van der Waals surface area (Å²) in [5, 5.41) is 3.33. The van der Waals surface area contributed by atoms with E-state index < -0.39 is 5.54 Å². The average molecular weight is 304 g/mol. The highest BCUT2D eigenvalue weighted by Gasteiger charge is 2.36. The lowest BCUT2D eigenvalue weighted by Crippen LogP contribution is -2.60. The molecule has 0 rings (SSSR count). The number of methoxy groups -OCH3 is 2. The summed E-state index contributed by atoms with van der Waals surface area (Å²) in [5.41, 5.74) is -0.744. The molecule has 0 aromatic rings. The quantitative estimate of drug-likeness (QED) is 0.541. The first-order chi connectivity index (χ1) is 9.89. The molecule has 0 saturated carbocycles.